The lowest BCUT2D eigenvalue weighted by Crippen LogP contribution is -2.14. The summed E-state index contributed by atoms with van der Waals surface area (Å²) >= 11 is 12.7. The summed E-state index contributed by atoms with van der Waals surface area (Å²) in [4.78, 5) is 14.6. The second-order valence-electron chi connectivity index (χ2n) is 3.97. The molecule has 0 spiro atoms. The third kappa shape index (κ3) is 3.46. The topological polar surface area (TPSA) is 96.4 Å². The van der Waals surface area contributed by atoms with E-state index in [1.54, 1.807) is 12.3 Å². The first-order chi connectivity index (χ1) is 9.70. The van der Waals surface area contributed by atoms with E-state index in [-0.39, 0.29) is 25.6 Å². The molecule has 0 fully saturated rings. The van der Waals surface area contributed by atoms with Gasteiger partial charge in [0.2, 0.25) is 0 Å². The molecule has 1 aromatic carbocycles. The van der Waals surface area contributed by atoms with Crippen LogP contribution >= 0.6 is 34.5 Å². The van der Waals surface area contributed by atoms with Crippen molar-refractivity contribution in [3.63, 3.8) is 0 Å². The average Bonchev–Trinajstić information content (AvgIpc) is 2.72. The first-order valence-electron chi connectivity index (χ1n) is 5.38. The molecule has 0 aliphatic heterocycles. The molecule has 0 unspecified atom stereocenters. The summed E-state index contributed by atoms with van der Waals surface area (Å²) < 4.78 is 26.7. The second kappa shape index (κ2) is 5.80. The van der Waals surface area contributed by atoms with E-state index in [4.69, 9.17) is 28.3 Å². The molecule has 0 aliphatic carbocycles. The zero-order valence-electron chi connectivity index (χ0n) is 10.4. The summed E-state index contributed by atoms with van der Waals surface area (Å²) in [6.45, 7) is 1.71. The van der Waals surface area contributed by atoms with Crippen LogP contribution < -0.4 is 4.72 Å². The zero-order chi connectivity index (χ0) is 15.8. The van der Waals surface area contributed by atoms with Crippen molar-refractivity contribution < 1.29 is 18.3 Å². The number of hydrogen-bond donors (Lipinski definition) is 2. The summed E-state index contributed by atoms with van der Waals surface area (Å²) in [6.07, 6.45) is 0. The largest absolute Gasteiger partial charge is 0.478 e. The Morgan fingerprint density at radius 3 is 2.52 bits per heavy atom. The standard InChI is InChI=1S/C11H8Cl2N2O4S2/c1-5-4-20-11(14-5)15-21(18,19)9-2-6(10(16)17)7(12)3-8(9)13/h2-4H,1H3,(H,14,15)(H,16,17). The van der Waals surface area contributed by atoms with Gasteiger partial charge >= 0.3 is 5.97 Å². The lowest BCUT2D eigenvalue weighted by atomic mass is 10.2. The van der Waals surface area contributed by atoms with Gasteiger partial charge in [0, 0.05) is 5.38 Å². The molecule has 0 radical (unpaired) electrons. The Hall–Kier alpha value is -1.35. The highest BCUT2D eigenvalue weighted by Crippen LogP contribution is 2.30. The number of carbonyl (C=O) groups is 1. The molecular weight excluding hydrogens is 359 g/mol. The highest BCUT2D eigenvalue weighted by Gasteiger charge is 2.23. The zero-order valence-corrected chi connectivity index (χ0v) is 13.6. The number of nitrogens with zero attached hydrogens (tertiary/aromatic N) is 1. The van der Waals surface area contributed by atoms with Crippen molar-refractivity contribution in [2.45, 2.75) is 11.8 Å². The monoisotopic (exact) mass is 366 g/mol. The van der Waals surface area contributed by atoms with Crippen molar-refractivity contribution in [2.24, 2.45) is 0 Å². The lowest BCUT2D eigenvalue weighted by molar-refractivity contribution is 0.0697. The molecule has 2 N–H and O–H groups in total. The number of nitrogens with one attached hydrogen (secondary N) is 1. The summed E-state index contributed by atoms with van der Waals surface area (Å²) in [5, 5.41) is 10.5. The SMILES string of the molecule is Cc1csc(NS(=O)(=O)c2cc(C(=O)O)c(Cl)cc2Cl)n1. The quantitative estimate of drug-likeness (QED) is 0.865. The van der Waals surface area contributed by atoms with Crippen LogP contribution in [0.2, 0.25) is 10.0 Å². The van der Waals surface area contributed by atoms with Crippen molar-refractivity contribution >= 4 is 55.7 Å². The van der Waals surface area contributed by atoms with Crippen LogP contribution in [0.4, 0.5) is 5.13 Å². The van der Waals surface area contributed by atoms with Gasteiger partial charge in [-0.2, -0.15) is 0 Å². The molecule has 0 bridgehead atoms. The fraction of sp³-hybridized carbons (Fsp3) is 0.0909. The Morgan fingerprint density at radius 1 is 1.33 bits per heavy atom. The maximum atomic E-state index is 12.3. The Labute approximate surface area is 134 Å². The highest BCUT2D eigenvalue weighted by molar-refractivity contribution is 7.93. The number of aromatic nitrogens is 1. The van der Waals surface area contributed by atoms with Crippen LogP contribution in [0, 0.1) is 6.92 Å². The minimum Gasteiger partial charge on any atom is -0.478 e. The number of anilines is 1. The minimum atomic E-state index is -4.06. The van der Waals surface area contributed by atoms with Gasteiger partial charge in [0.15, 0.2) is 5.13 Å². The van der Waals surface area contributed by atoms with E-state index in [0.29, 0.717) is 5.69 Å². The number of rotatable bonds is 4. The molecule has 10 heteroatoms. The molecule has 1 heterocycles. The molecule has 2 rings (SSSR count). The number of sulfonamides is 1. The molecule has 6 nitrogen and oxygen atoms in total. The van der Waals surface area contributed by atoms with Gasteiger partial charge in [-0.15, -0.1) is 11.3 Å². The number of thiazole rings is 1. The number of halogens is 2. The Morgan fingerprint density at radius 2 is 2.00 bits per heavy atom. The first-order valence-corrected chi connectivity index (χ1v) is 8.50. The van der Waals surface area contributed by atoms with Gasteiger partial charge in [-0.3, -0.25) is 4.72 Å². The molecule has 2 aromatic rings. The number of aryl methyl sites for hydroxylation is 1. The van der Waals surface area contributed by atoms with Gasteiger partial charge in [0.1, 0.15) is 4.90 Å². The molecular formula is C11H8Cl2N2O4S2. The van der Waals surface area contributed by atoms with Gasteiger partial charge < -0.3 is 5.11 Å². The van der Waals surface area contributed by atoms with Crippen LogP contribution in [-0.4, -0.2) is 24.5 Å². The van der Waals surface area contributed by atoms with Crippen LogP contribution in [0.5, 0.6) is 0 Å². The molecule has 1 aromatic heterocycles. The number of hydrogen-bond acceptors (Lipinski definition) is 5. The summed E-state index contributed by atoms with van der Waals surface area (Å²) in [7, 11) is -4.06. The normalized spacial score (nSPS) is 11.4. The van der Waals surface area contributed by atoms with Crippen molar-refractivity contribution in [1.82, 2.24) is 4.98 Å². The van der Waals surface area contributed by atoms with Gasteiger partial charge in [-0.25, -0.2) is 18.2 Å². The highest BCUT2D eigenvalue weighted by atomic mass is 35.5. The van der Waals surface area contributed by atoms with Crippen LogP contribution in [0.1, 0.15) is 16.1 Å². The second-order valence-corrected chi connectivity index (χ2v) is 7.29. The average molecular weight is 367 g/mol. The van der Waals surface area contributed by atoms with E-state index in [0.717, 1.165) is 23.5 Å². The molecule has 0 atom stereocenters. The van der Waals surface area contributed by atoms with E-state index in [1.807, 2.05) is 0 Å². The third-order valence-electron chi connectivity index (χ3n) is 2.38. The molecule has 21 heavy (non-hydrogen) atoms. The lowest BCUT2D eigenvalue weighted by Gasteiger charge is -2.09. The summed E-state index contributed by atoms with van der Waals surface area (Å²) in [5.74, 6) is -1.35. The van der Waals surface area contributed by atoms with Crippen LogP contribution in [0.25, 0.3) is 0 Å². The van der Waals surface area contributed by atoms with Gasteiger partial charge in [-0.05, 0) is 19.1 Å². The predicted molar refractivity (Wildman–Crippen MR) is 81.1 cm³/mol. The summed E-state index contributed by atoms with van der Waals surface area (Å²) in [5.41, 5.74) is 0.308. The van der Waals surface area contributed by atoms with Crippen molar-refractivity contribution in [3.05, 3.63) is 38.8 Å². The van der Waals surface area contributed by atoms with E-state index in [9.17, 15) is 13.2 Å². The Bertz CT molecular complexity index is 818. The Kier molecular flexibility index (Phi) is 4.43. The molecule has 0 saturated heterocycles. The number of aromatic carboxylic acids is 1. The van der Waals surface area contributed by atoms with E-state index >= 15 is 0 Å². The smallest absolute Gasteiger partial charge is 0.337 e. The van der Waals surface area contributed by atoms with Crippen molar-refractivity contribution in [1.29, 1.82) is 0 Å². The van der Waals surface area contributed by atoms with Gasteiger partial charge in [0.05, 0.1) is 21.3 Å². The van der Waals surface area contributed by atoms with E-state index < -0.39 is 16.0 Å². The minimum absolute atomic E-state index is 0.142. The van der Waals surface area contributed by atoms with Crippen LogP contribution in [0.15, 0.2) is 22.4 Å². The van der Waals surface area contributed by atoms with Gasteiger partial charge in [-0.1, -0.05) is 23.2 Å². The fourth-order valence-corrected chi connectivity index (χ4v) is 4.27. The first kappa shape index (κ1) is 16.0. The Balaban J connectivity index is 2.49. The maximum Gasteiger partial charge on any atom is 0.337 e. The molecule has 112 valence electrons. The molecule has 0 aliphatic rings. The van der Waals surface area contributed by atoms with Crippen LogP contribution in [0.3, 0.4) is 0 Å². The number of benzene rings is 1. The number of carboxylic acid groups (broad SMARTS) is 1. The summed E-state index contributed by atoms with van der Waals surface area (Å²) in [6, 6.07) is 1.99. The van der Waals surface area contributed by atoms with Gasteiger partial charge in [0.25, 0.3) is 10.0 Å². The van der Waals surface area contributed by atoms with E-state index in [1.165, 1.54) is 0 Å². The van der Waals surface area contributed by atoms with Crippen LogP contribution in [-0.2, 0) is 10.0 Å². The molecule has 0 amide bonds. The third-order valence-corrected chi connectivity index (χ3v) is 5.50. The maximum absolute atomic E-state index is 12.3. The number of carboxylic acids is 1. The van der Waals surface area contributed by atoms with Crippen molar-refractivity contribution in [3.8, 4) is 0 Å². The fourth-order valence-electron chi connectivity index (χ4n) is 1.47. The molecule has 0 saturated carbocycles. The van der Waals surface area contributed by atoms with E-state index in [2.05, 4.69) is 9.71 Å². The predicted octanol–water partition coefficient (Wildman–Crippen LogP) is 3.26. The van der Waals surface area contributed by atoms with Crippen molar-refractivity contribution in [2.75, 3.05) is 4.72 Å².